The number of methoxy groups -OCH3 is 1. The van der Waals surface area contributed by atoms with Gasteiger partial charge in [-0.25, -0.2) is 14.4 Å². The molecule has 5 N–H and O–H groups in total. The second-order valence-electron chi connectivity index (χ2n) is 16.7. The first-order valence-corrected chi connectivity index (χ1v) is 19.3. The van der Waals surface area contributed by atoms with Gasteiger partial charge in [0.05, 0.1) is 7.11 Å². The van der Waals surface area contributed by atoms with Crippen LogP contribution in [0.2, 0.25) is 0 Å². The first-order valence-electron chi connectivity index (χ1n) is 19.3. The summed E-state index contributed by atoms with van der Waals surface area (Å²) in [5.74, 6) is -2.47. The van der Waals surface area contributed by atoms with E-state index in [1.165, 1.54) is 7.11 Å². The maximum Gasteiger partial charge on any atom is 0.408 e. The average Bonchev–Trinajstić information content (AvgIpc) is 3.47. The highest BCUT2D eigenvalue weighted by Gasteiger charge is 2.47. The number of carbonyl (C=O) groups excluding carboxylic acids is 6. The highest BCUT2D eigenvalue weighted by molar-refractivity contribution is 5.97. The summed E-state index contributed by atoms with van der Waals surface area (Å²) in [6.45, 7) is 14.6. The molecule has 1 aliphatic carbocycles. The van der Waals surface area contributed by atoms with E-state index in [1.807, 2.05) is 68.4 Å². The highest BCUT2D eigenvalue weighted by Crippen LogP contribution is 2.31. The van der Waals surface area contributed by atoms with Crippen LogP contribution in [0.25, 0.3) is 0 Å². The first-order chi connectivity index (χ1) is 26.2. The molecule has 56 heavy (non-hydrogen) atoms. The minimum absolute atomic E-state index is 0.0398. The summed E-state index contributed by atoms with van der Waals surface area (Å²) >= 11 is 0. The van der Waals surface area contributed by atoms with E-state index in [2.05, 4.69) is 26.6 Å². The summed E-state index contributed by atoms with van der Waals surface area (Å²) in [7, 11) is 1.23. The van der Waals surface area contributed by atoms with Crippen LogP contribution in [0.3, 0.4) is 0 Å². The molecule has 2 aromatic rings. The molecule has 0 aromatic heterocycles. The van der Waals surface area contributed by atoms with Crippen molar-refractivity contribution in [3.8, 4) is 0 Å². The maximum atomic E-state index is 14.4. The third-order valence-corrected chi connectivity index (χ3v) is 8.91. The van der Waals surface area contributed by atoms with E-state index in [0.717, 1.165) is 16.7 Å². The van der Waals surface area contributed by atoms with Crippen LogP contribution in [0.5, 0.6) is 0 Å². The largest absolute Gasteiger partial charge is 0.467 e. The summed E-state index contributed by atoms with van der Waals surface area (Å²) in [4.78, 5) is 80.4. The lowest BCUT2D eigenvalue weighted by atomic mass is 9.93. The fourth-order valence-corrected chi connectivity index (χ4v) is 6.39. The van der Waals surface area contributed by atoms with Crippen molar-refractivity contribution in [3.05, 3.63) is 71.3 Å². The Morgan fingerprint density at radius 1 is 0.696 bits per heavy atom. The van der Waals surface area contributed by atoms with E-state index in [4.69, 9.17) is 14.2 Å². The molecular weight excluding hydrogens is 718 g/mol. The fraction of sp³-hybridized carbons (Fsp3) is 0.571. The van der Waals surface area contributed by atoms with Crippen molar-refractivity contribution in [1.29, 1.82) is 0 Å². The standard InChI is InChI=1S/C42H61N5O9/c1-27(2)23-32(34(48)44-31(36(50)54-9)21-15-16-22-43-38(52)55-40(3,4)5)45-35(49)33(24-28-17-11-10-12-18-28)46-37(51)42(47-39(53)56-41(6,7)8)25-29-19-13-14-20-30(29)26-42/h10-14,17-20,27,31-33H,15-16,21-26H2,1-9H3,(H,43,52)(H,44,48)(H,45,49)(H,46,51)(H,47,53)/t31-,32-,33-/m1/s1. The van der Waals surface area contributed by atoms with Gasteiger partial charge in [-0.2, -0.15) is 0 Å². The number of fused-ring (bicyclic) bond motifs is 1. The minimum Gasteiger partial charge on any atom is -0.467 e. The lowest BCUT2D eigenvalue weighted by Crippen LogP contribution is -2.64. The van der Waals surface area contributed by atoms with E-state index in [9.17, 15) is 28.8 Å². The van der Waals surface area contributed by atoms with E-state index >= 15 is 0 Å². The van der Waals surface area contributed by atoms with Crippen molar-refractivity contribution in [2.24, 2.45) is 5.92 Å². The van der Waals surface area contributed by atoms with E-state index in [1.54, 1.807) is 41.5 Å². The molecular formula is C42H61N5O9. The molecule has 308 valence electrons. The highest BCUT2D eigenvalue weighted by atomic mass is 16.6. The van der Waals surface area contributed by atoms with Gasteiger partial charge < -0.3 is 40.8 Å². The van der Waals surface area contributed by atoms with Gasteiger partial charge in [-0.05, 0) is 89.8 Å². The normalized spacial score (nSPS) is 15.0. The Balaban J connectivity index is 1.81. The molecule has 1 aliphatic rings. The summed E-state index contributed by atoms with van der Waals surface area (Å²) in [6, 6.07) is 13.4. The smallest absolute Gasteiger partial charge is 0.408 e. The van der Waals surface area contributed by atoms with Gasteiger partial charge >= 0.3 is 18.2 Å². The number of benzene rings is 2. The van der Waals surface area contributed by atoms with E-state index in [0.29, 0.717) is 19.4 Å². The molecule has 0 saturated heterocycles. The molecule has 5 amide bonds. The second kappa shape index (κ2) is 20.1. The van der Waals surface area contributed by atoms with Crippen LogP contribution < -0.4 is 26.6 Å². The zero-order valence-corrected chi connectivity index (χ0v) is 34.3. The Bertz CT molecular complexity index is 1640. The Morgan fingerprint density at radius 3 is 1.79 bits per heavy atom. The lowest BCUT2D eigenvalue weighted by molar-refractivity contribution is -0.145. The van der Waals surface area contributed by atoms with Gasteiger partial charge in [0, 0.05) is 25.8 Å². The molecule has 0 bridgehead atoms. The van der Waals surface area contributed by atoms with Gasteiger partial charge in [-0.3, -0.25) is 14.4 Å². The number of carbonyl (C=O) groups is 6. The maximum absolute atomic E-state index is 14.4. The van der Waals surface area contributed by atoms with Gasteiger partial charge in [-0.15, -0.1) is 0 Å². The second-order valence-corrected chi connectivity index (χ2v) is 16.7. The molecule has 3 rings (SSSR count). The van der Waals surface area contributed by atoms with Crippen molar-refractivity contribution in [3.63, 3.8) is 0 Å². The third kappa shape index (κ3) is 14.8. The van der Waals surface area contributed by atoms with Crippen LogP contribution in [0.1, 0.15) is 97.8 Å². The summed E-state index contributed by atoms with van der Waals surface area (Å²) < 4.78 is 15.8. The Labute approximate surface area is 330 Å². The predicted molar refractivity (Wildman–Crippen MR) is 211 cm³/mol. The molecule has 0 heterocycles. The number of nitrogens with one attached hydrogen (secondary N) is 5. The topological polar surface area (TPSA) is 190 Å². The van der Waals surface area contributed by atoms with Gasteiger partial charge in [0.1, 0.15) is 34.9 Å². The van der Waals surface area contributed by atoms with Gasteiger partial charge in [-0.1, -0.05) is 68.4 Å². The zero-order valence-electron chi connectivity index (χ0n) is 34.3. The van der Waals surface area contributed by atoms with Crippen molar-refractivity contribution in [2.75, 3.05) is 13.7 Å². The van der Waals surface area contributed by atoms with Crippen LogP contribution in [0.4, 0.5) is 9.59 Å². The number of rotatable bonds is 17. The van der Waals surface area contributed by atoms with Crippen LogP contribution in [0, 0.1) is 5.92 Å². The Kier molecular flexibility index (Phi) is 16.3. The zero-order chi connectivity index (χ0) is 41.7. The van der Waals surface area contributed by atoms with Crippen LogP contribution in [-0.4, -0.2) is 84.4 Å². The summed E-state index contributed by atoms with van der Waals surface area (Å²) in [5.41, 5.74) is -0.379. The minimum atomic E-state index is -1.45. The molecule has 0 spiro atoms. The van der Waals surface area contributed by atoms with E-state index < -0.39 is 70.7 Å². The number of alkyl carbamates (subject to hydrolysis) is 2. The number of esters is 1. The number of unbranched alkanes of at least 4 members (excludes halogenated alkanes) is 1. The average molecular weight is 780 g/mol. The van der Waals surface area contributed by atoms with Crippen LogP contribution >= 0.6 is 0 Å². The quantitative estimate of drug-likeness (QED) is 0.0864. The summed E-state index contributed by atoms with van der Waals surface area (Å²) in [6.07, 6.45) is 0.554. The number of hydrogen-bond acceptors (Lipinski definition) is 9. The van der Waals surface area contributed by atoms with Crippen molar-refractivity contribution < 1.29 is 43.0 Å². The lowest BCUT2D eigenvalue weighted by Gasteiger charge is -2.32. The molecule has 3 atom stereocenters. The van der Waals surface area contributed by atoms with Crippen molar-refractivity contribution in [1.82, 2.24) is 26.6 Å². The first kappa shape index (κ1) is 45.3. The van der Waals surface area contributed by atoms with E-state index in [-0.39, 0.29) is 38.0 Å². The number of hydrogen-bond donors (Lipinski definition) is 5. The fourth-order valence-electron chi connectivity index (χ4n) is 6.39. The van der Waals surface area contributed by atoms with Gasteiger partial charge in [0.2, 0.25) is 17.7 Å². The molecule has 0 unspecified atom stereocenters. The summed E-state index contributed by atoms with van der Waals surface area (Å²) in [5, 5.41) is 14.0. The SMILES string of the molecule is COC(=O)[C@@H](CCCCNC(=O)OC(C)(C)C)NC(=O)[C@@H](CC(C)C)NC(=O)[C@@H](Cc1ccccc1)NC(=O)C1(NC(=O)OC(C)(C)C)Cc2ccccc2C1. The predicted octanol–water partition coefficient (Wildman–Crippen LogP) is 4.66. The van der Waals surface area contributed by atoms with Crippen LogP contribution in [-0.2, 0) is 52.7 Å². The molecule has 0 aliphatic heterocycles. The van der Waals surface area contributed by atoms with Crippen LogP contribution in [0.15, 0.2) is 54.6 Å². The Morgan fingerprint density at radius 2 is 1.23 bits per heavy atom. The van der Waals surface area contributed by atoms with Crippen molar-refractivity contribution in [2.45, 2.75) is 135 Å². The number of amides is 5. The monoisotopic (exact) mass is 779 g/mol. The Hall–Kier alpha value is -5.14. The molecule has 2 aromatic carbocycles. The molecule has 0 radical (unpaired) electrons. The molecule has 0 saturated carbocycles. The third-order valence-electron chi connectivity index (χ3n) is 8.91. The van der Waals surface area contributed by atoms with Gasteiger partial charge in [0.15, 0.2) is 0 Å². The van der Waals surface area contributed by atoms with Crippen molar-refractivity contribution >= 4 is 35.9 Å². The number of ether oxygens (including phenoxy) is 3. The van der Waals surface area contributed by atoms with Gasteiger partial charge in [0.25, 0.3) is 0 Å². The molecule has 0 fully saturated rings. The molecule has 14 nitrogen and oxygen atoms in total. The molecule has 14 heteroatoms.